The maximum Gasteiger partial charge on any atom is 0.262 e. The van der Waals surface area contributed by atoms with E-state index in [0.29, 0.717) is 29.4 Å². The minimum Gasteiger partial charge on any atom is -0.482 e. The van der Waals surface area contributed by atoms with Crippen LogP contribution in [0, 0.1) is 0 Å². The normalized spacial score (nSPS) is 14.0. The van der Waals surface area contributed by atoms with Crippen LogP contribution in [0.2, 0.25) is 0 Å². The van der Waals surface area contributed by atoms with Crippen molar-refractivity contribution < 1.29 is 17.9 Å². The molecular weight excluding hydrogens is 296 g/mol. The lowest BCUT2D eigenvalue weighted by molar-refractivity contribution is -0.118. The molecule has 0 saturated heterocycles. The summed E-state index contributed by atoms with van der Waals surface area (Å²) in [6.45, 7) is 2.23. The van der Waals surface area contributed by atoms with Gasteiger partial charge in [0.1, 0.15) is 5.75 Å². The van der Waals surface area contributed by atoms with Gasteiger partial charge in [-0.3, -0.25) is 4.79 Å². The number of ether oxygens (including phenoxy) is 1. The summed E-state index contributed by atoms with van der Waals surface area (Å²) in [7, 11) is -3.29. The molecule has 0 bridgehead atoms. The molecule has 1 aliphatic rings. The molecule has 1 aliphatic heterocycles. The SMILES string of the molecule is CCNS(=O)(=O)CCNc1cc2c(cc1N)OCC(=O)N2. The van der Waals surface area contributed by atoms with Gasteiger partial charge in [0.2, 0.25) is 10.0 Å². The van der Waals surface area contributed by atoms with Crippen LogP contribution in [0.5, 0.6) is 5.75 Å². The second-order valence-electron chi connectivity index (χ2n) is 4.52. The molecule has 2 rings (SSSR count). The number of benzene rings is 1. The average molecular weight is 314 g/mol. The molecule has 1 aromatic rings. The number of nitrogens with two attached hydrogens (primary N) is 1. The number of fused-ring (bicyclic) bond motifs is 1. The number of rotatable bonds is 6. The van der Waals surface area contributed by atoms with Crippen LogP contribution in [-0.4, -0.2) is 39.8 Å². The number of carbonyl (C=O) groups excluding carboxylic acids is 1. The molecule has 9 heteroatoms. The molecule has 1 aromatic carbocycles. The van der Waals surface area contributed by atoms with Gasteiger partial charge in [-0.25, -0.2) is 13.1 Å². The van der Waals surface area contributed by atoms with Crippen molar-refractivity contribution in [2.75, 3.05) is 41.8 Å². The summed E-state index contributed by atoms with van der Waals surface area (Å²) < 4.78 is 30.7. The van der Waals surface area contributed by atoms with Crippen LogP contribution in [0.15, 0.2) is 12.1 Å². The van der Waals surface area contributed by atoms with Gasteiger partial charge in [0.15, 0.2) is 6.61 Å². The fraction of sp³-hybridized carbons (Fsp3) is 0.417. The Morgan fingerprint density at radius 2 is 2.19 bits per heavy atom. The molecule has 1 heterocycles. The van der Waals surface area contributed by atoms with Crippen molar-refractivity contribution in [3.8, 4) is 5.75 Å². The van der Waals surface area contributed by atoms with Gasteiger partial charge >= 0.3 is 0 Å². The fourth-order valence-corrected chi connectivity index (χ4v) is 2.86. The quantitative estimate of drug-likeness (QED) is 0.546. The van der Waals surface area contributed by atoms with Crippen LogP contribution in [0.1, 0.15) is 6.92 Å². The Balaban J connectivity index is 2.04. The first-order chi connectivity index (χ1) is 9.91. The highest BCUT2D eigenvalue weighted by molar-refractivity contribution is 7.89. The van der Waals surface area contributed by atoms with Gasteiger partial charge in [0, 0.05) is 19.2 Å². The largest absolute Gasteiger partial charge is 0.482 e. The van der Waals surface area contributed by atoms with Gasteiger partial charge in [0.25, 0.3) is 5.91 Å². The van der Waals surface area contributed by atoms with Crippen LogP contribution in [0.25, 0.3) is 0 Å². The Kier molecular flexibility index (Phi) is 4.53. The smallest absolute Gasteiger partial charge is 0.262 e. The second-order valence-corrected chi connectivity index (χ2v) is 6.44. The van der Waals surface area contributed by atoms with Crippen molar-refractivity contribution >= 4 is 33.0 Å². The third-order valence-corrected chi connectivity index (χ3v) is 4.31. The number of nitrogen functional groups attached to an aromatic ring is 1. The highest BCUT2D eigenvalue weighted by Gasteiger charge is 2.18. The zero-order valence-electron chi connectivity index (χ0n) is 11.6. The topological polar surface area (TPSA) is 123 Å². The number of nitrogens with one attached hydrogen (secondary N) is 3. The first kappa shape index (κ1) is 15.4. The van der Waals surface area contributed by atoms with Crippen molar-refractivity contribution in [2.45, 2.75) is 6.92 Å². The van der Waals surface area contributed by atoms with E-state index in [1.54, 1.807) is 19.1 Å². The third-order valence-electron chi connectivity index (χ3n) is 2.84. The molecule has 0 radical (unpaired) electrons. The van der Waals surface area contributed by atoms with E-state index in [-0.39, 0.29) is 24.8 Å². The standard InChI is InChI=1S/C12H18N4O4S/c1-2-15-21(18,19)4-3-14-9-6-10-11(5-8(9)13)20-7-12(17)16-10/h5-6,14-15H,2-4,7,13H2,1H3,(H,16,17). The molecule has 0 fully saturated rings. The van der Waals surface area contributed by atoms with Gasteiger partial charge < -0.3 is 21.1 Å². The molecule has 21 heavy (non-hydrogen) atoms. The average Bonchev–Trinajstić information content (AvgIpc) is 2.39. The molecular formula is C12H18N4O4S. The van der Waals surface area contributed by atoms with Crippen LogP contribution >= 0.6 is 0 Å². The Morgan fingerprint density at radius 3 is 2.90 bits per heavy atom. The molecule has 5 N–H and O–H groups in total. The number of amides is 1. The van der Waals surface area contributed by atoms with Gasteiger partial charge in [-0.2, -0.15) is 0 Å². The second kappa shape index (κ2) is 6.19. The third kappa shape index (κ3) is 3.99. The van der Waals surface area contributed by atoms with Crippen LogP contribution in [0.4, 0.5) is 17.1 Å². The highest BCUT2D eigenvalue weighted by Crippen LogP contribution is 2.34. The number of anilines is 3. The predicted molar refractivity (Wildman–Crippen MR) is 80.9 cm³/mol. The van der Waals surface area contributed by atoms with Gasteiger partial charge in [0.05, 0.1) is 22.8 Å². The molecule has 0 aromatic heterocycles. The van der Waals surface area contributed by atoms with E-state index in [1.165, 1.54) is 0 Å². The maximum atomic E-state index is 11.5. The summed E-state index contributed by atoms with van der Waals surface area (Å²) in [5.74, 6) is 0.186. The summed E-state index contributed by atoms with van der Waals surface area (Å²) in [5, 5.41) is 5.61. The molecule has 0 saturated carbocycles. The van der Waals surface area contributed by atoms with Crippen molar-refractivity contribution in [3.05, 3.63) is 12.1 Å². The molecule has 0 aliphatic carbocycles. The maximum absolute atomic E-state index is 11.5. The van der Waals surface area contributed by atoms with Gasteiger partial charge in [-0.15, -0.1) is 0 Å². The van der Waals surface area contributed by atoms with Crippen LogP contribution in [0.3, 0.4) is 0 Å². The number of carbonyl (C=O) groups is 1. The first-order valence-corrected chi connectivity index (χ1v) is 8.14. The van der Waals surface area contributed by atoms with E-state index in [9.17, 15) is 13.2 Å². The molecule has 116 valence electrons. The first-order valence-electron chi connectivity index (χ1n) is 6.48. The van der Waals surface area contributed by atoms with E-state index in [2.05, 4.69) is 15.4 Å². The summed E-state index contributed by atoms with van der Waals surface area (Å²) in [6.07, 6.45) is 0. The van der Waals surface area contributed by atoms with E-state index in [0.717, 1.165) is 0 Å². The number of hydrogen-bond donors (Lipinski definition) is 4. The highest BCUT2D eigenvalue weighted by atomic mass is 32.2. The zero-order valence-corrected chi connectivity index (χ0v) is 12.4. The Morgan fingerprint density at radius 1 is 1.43 bits per heavy atom. The van der Waals surface area contributed by atoms with E-state index in [4.69, 9.17) is 10.5 Å². The monoisotopic (exact) mass is 314 g/mol. The lowest BCUT2D eigenvalue weighted by Gasteiger charge is -2.20. The number of sulfonamides is 1. The Hall–Kier alpha value is -2.00. The molecule has 0 unspecified atom stereocenters. The molecule has 0 spiro atoms. The van der Waals surface area contributed by atoms with E-state index >= 15 is 0 Å². The van der Waals surface area contributed by atoms with Gasteiger partial charge in [-0.1, -0.05) is 6.92 Å². The van der Waals surface area contributed by atoms with E-state index in [1.807, 2.05) is 0 Å². The predicted octanol–water partition coefficient (Wildman–Crippen LogP) is -0.0491. The van der Waals surface area contributed by atoms with Crippen LogP contribution < -0.4 is 25.8 Å². The molecule has 8 nitrogen and oxygen atoms in total. The summed E-state index contributed by atoms with van der Waals surface area (Å²) >= 11 is 0. The van der Waals surface area contributed by atoms with Gasteiger partial charge in [-0.05, 0) is 6.07 Å². The lowest BCUT2D eigenvalue weighted by Crippen LogP contribution is -2.29. The summed E-state index contributed by atoms with van der Waals surface area (Å²) in [6, 6.07) is 3.22. The number of hydrogen-bond acceptors (Lipinski definition) is 6. The van der Waals surface area contributed by atoms with Crippen molar-refractivity contribution in [1.82, 2.24) is 4.72 Å². The van der Waals surface area contributed by atoms with Crippen molar-refractivity contribution in [1.29, 1.82) is 0 Å². The minimum atomic E-state index is -3.29. The van der Waals surface area contributed by atoms with Crippen molar-refractivity contribution in [2.24, 2.45) is 0 Å². The zero-order chi connectivity index (χ0) is 15.5. The minimum absolute atomic E-state index is 0.0415. The Labute approximate surface area is 123 Å². The molecule has 1 amide bonds. The lowest BCUT2D eigenvalue weighted by atomic mass is 10.2. The summed E-state index contributed by atoms with van der Waals surface area (Å²) in [4.78, 5) is 11.3. The van der Waals surface area contributed by atoms with E-state index < -0.39 is 10.0 Å². The molecule has 0 atom stereocenters. The van der Waals surface area contributed by atoms with Crippen molar-refractivity contribution in [3.63, 3.8) is 0 Å². The fourth-order valence-electron chi connectivity index (χ4n) is 1.91. The van der Waals surface area contributed by atoms with Crippen LogP contribution in [-0.2, 0) is 14.8 Å². The Bertz CT molecular complexity index is 645. The summed E-state index contributed by atoms with van der Waals surface area (Å²) in [5.41, 5.74) is 7.35.